The van der Waals surface area contributed by atoms with Crippen LogP contribution in [0, 0.1) is 5.92 Å². The van der Waals surface area contributed by atoms with Gasteiger partial charge < -0.3 is 20.6 Å². The van der Waals surface area contributed by atoms with Gasteiger partial charge in [0.05, 0.1) is 5.92 Å². The van der Waals surface area contributed by atoms with Crippen LogP contribution in [-0.2, 0) is 9.59 Å². The van der Waals surface area contributed by atoms with Gasteiger partial charge in [-0.15, -0.1) is 0 Å². The number of rotatable bonds is 8. The van der Waals surface area contributed by atoms with Gasteiger partial charge in [-0.1, -0.05) is 13.3 Å². The number of likely N-dealkylation sites (tertiary alicyclic amines) is 1. The number of hydrogen-bond donors (Lipinski definition) is 3. The number of carbonyl (C=O) groups excluding carboxylic acids is 2. The number of hydrogen-bond acceptors (Lipinski definition) is 3. The van der Waals surface area contributed by atoms with E-state index >= 15 is 0 Å². The molecule has 7 nitrogen and oxygen atoms in total. The molecule has 0 aliphatic carbocycles. The topological polar surface area (TPSA) is 98.7 Å². The fraction of sp³-hybridized carbons (Fsp3) is 0.812. The van der Waals surface area contributed by atoms with E-state index in [1.54, 1.807) is 4.90 Å². The first-order valence-electron chi connectivity index (χ1n) is 8.49. The Bertz CT molecular complexity index is 414. The Morgan fingerprint density at radius 2 is 1.83 bits per heavy atom. The third-order valence-electron chi connectivity index (χ3n) is 4.19. The van der Waals surface area contributed by atoms with Crippen molar-refractivity contribution in [3.8, 4) is 0 Å². The Balaban J connectivity index is 2.42. The molecule has 1 rings (SSSR count). The molecule has 1 aliphatic rings. The maximum atomic E-state index is 12.2. The molecule has 1 saturated heterocycles. The Morgan fingerprint density at radius 1 is 1.13 bits per heavy atom. The van der Waals surface area contributed by atoms with Gasteiger partial charge >= 0.3 is 12.0 Å². The highest BCUT2D eigenvalue weighted by Crippen LogP contribution is 2.22. The first-order chi connectivity index (χ1) is 11.0. The van der Waals surface area contributed by atoms with E-state index in [9.17, 15) is 14.4 Å². The molecule has 0 saturated carbocycles. The molecule has 132 valence electrons. The number of unbranched alkanes of at least 4 members (excludes halogenated alkanes) is 1. The number of urea groups is 1. The highest BCUT2D eigenvalue weighted by molar-refractivity contribution is 5.81. The van der Waals surface area contributed by atoms with Crippen LogP contribution in [0.3, 0.4) is 0 Å². The number of amides is 3. The van der Waals surface area contributed by atoms with Crippen molar-refractivity contribution < 1.29 is 19.5 Å². The van der Waals surface area contributed by atoms with Crippen LogP contribution in [0.1, 0.15) is 52.4 Å². The number of carbonyl (C=O) groups is 3. The second-order valence-corrected chi connectivity index (χ2v) is 6.15. The van der Waals surface area contributed by atoms with Crippen LogP contribution in [-0.4, -0.2) is 53.6 Å². The van der Waals surface area contributed by atoms with Crippen LogP contribution >= 0.6 is 0 Å². The molecule has 3 amide bonds. The third kappa shape index (κ3) is 6.88. The second kappa shape index (κ2) is 10.1. The van der Waals surface area contributed by atoms with Crippen molar-refractivity contribution in [1.29, 1.82) is 0 Å². The Labute approximate surface area is 137 Å². The molecule has 0 bridgehead atoms. The van der Waals surface area contributed by atoms with Crippen LogP contribution in [0.2, 0.25) is 0 Å². The van der Waals surface area contributed by atoms with Gasteiger partial charge in [0.2, 0.25) is 5.91 Å². The summed E-state index contributed by atoms with van der Waals surface area (Å²) < 4.78 is 0. The standard InChI is InChI=1S/C16H29N3O4/c1-3-4-9-17-15(22)13-8-7-12(2)19(11-13)16(23)18-10-5-6-14(20)21/h12-13H,3-11H2,1-2H3,(H,17,22)(H,18,23)(H,20,21). The second-order valence-electron chi connectivity index (χ2n) is 6.15. The fourth-order valence-corrected chi connectivity index (χ4v) is 2.67. The summed E-state index contributed by atoms with van der Waals surface area (Å²) in [6, 6.07) is -0.122. The largest absolute Gasteiger partial charge is 0.481 e. The van der Waals surface area contributed by atoms with E-state index < -0.39 is 5.97 Å². The Morgan fingerprint density at radius 3 is 2.48 bits per heavy atom. The van der Waals surface area contributed by atoms with Crippen LogP contribution in [0.15, 0.2) is 0 Å². The third-order valence-corrected chi connectivity index (χ3v) is 4.19. The van der Waals surface area contributed by atoms with E-state index in [0.29, 0.717) is 26.1 Å². The molecule has 0 aromatic carbocycles. The first-order valence-corrected chi connectivity index (χ1v) is 8.49. The van der Waals surface area contributed by atoms with Gasteiger partial charge in [0.1, 0.15) is 0 Å². The van der Waals surface area contributed by atoms with Crippen molar-refractivity contribution in [3.63, 3.8) is 0 Å². The minimum Gasteiger partial charge on any atom is -0.481 e. The molecule has 0 aromatic rings. The molecule has 2 unspecified atom stereocenters. The molecule has 1 aliphatic heterocycles. The van der Waals surface area contributed by atoms with Gasteiger partial charge in [-0.25, -0.2) is 4.79 Å². The van der Waals surface area contributed by atoms with Crippen molar-refractivity contribution in [3.05, 3.63) is 0 Å². The summed E-state index contributed by atoms with van der Waals surface area (Å²) in [5.74, 6) is -1.00. The van der Waals surface area contributed by atoms with Gasteiger partial charge in [0.25, 0.3) is 0 Å². The molecular weight excluding hydrogens is 298 g/mol. The highest BCUT2D eigenvalue weighted by atomic mass is 16.4. The minimum absolute atomic E-state index is 0.0222. The summed E-state index contributed by atoms with van der Waals surface area (Å²) in [5, 5.41) is 14.3. The number of nitrogens with one attached hydrogen (secondary N) is 2. The van der Waals surface area contributed by atoms with E-state index in [4.69, 9.17) is 5.11 Å². The molecule has 23 heavy (non-hydrogen) atoms. The summed E-state index contributed by atoms with van der Waals surface area (Å²) in [6.45, 7) is 5.49. The molecule has 0 spiro atoms. The maximum Gasteiger partial charge on any atom is 0.317 e. The number of aliphatic carboxylic acids is 1. The van der Waals surface area contributed by atoms with E-state index in [2.05, 4.69) is 17.6 Å². The van der Waals surface area contributed by atoms with Gasteiger partial charge in [-0.3, -0.25) is 9.59 Å². The van der Waals surface area contributed by atoms with Crippen LogP contribution in [0.25, 0.3) is 0 Å². The lowest BCUT2D eigenvalue weighted by Gasteiger charge is -2.37. The van der Waals surface area contributed by atoms with Gasteiger partial charge in [-0.2, -0.15) is 0 Å². The van der Waals surface area contributed by atoms with Crippen molar-refractivity contribution in [1.82, 2.24) is 15.5 Å². The molecule has 1 heterocycles. The molecule has 0 radical (unpaired) electrons. The quantitative estimate of drug-likeness (QED) is 0.589. The Kier molecular flexibility index (Phi) is 8.43. The Hall–Kier alpha value is -1.79. The van der Waals surface area contributed by atoms with E-state index in [1.165, 1.54) is 0 Å². The maximum absolute atomic E-state index is 12.2. The lowest BCUT2D eigenvalue weighted by Crippen LogP contribution is -2.52. The fourth-order valence-electron chi connectivity index (χ4n) is 2.67. The van der Waals surface area contributed by atoms with Crippen molar-refractivity contribution in [2.45, 2.75) is 58.4 Å². The zero-order valence-corrected chi connectivity index (χ0v) is 14.1. The number of piperidine rings is 1. The predicted molar refractivity (Wildman–Crippen MR) is 87.1 cm³/mol. The summed E-state index contributed by atoms with van der Waals surface area (Å²) in [5.41, 5.74) is 0. The summed E-state index contributed by atoms with van der Waals surface area (Å²) >= 11 is 0. The normalized spacial score (nSPS) is 20.9. The lowest BCUT2D eigenvalue weighted by atomic mass is 9.93. The SMILES string of the molecule is CCCCNC(=O)C1CCC(C)N(C(=O)NCCCC(=O)O)C1. The van der Waals surface area contributed by atoms with Gasteiger partial charge in [0.15, 0.2) is 0 Å². The molecule has 3 N–H and O–H groups in total. The zero-order valence-electron chi connectivity index (χ0n) is 14.1. The average molecular weight is 327 g/mol. The monoisotopic (exact) mass is 327 g/mol. The van der Waals surface area contributed by atoms with Crippen LogP contribution in [0.5, 0.6) is 0 Å². The minimum atomic E-state index is -0.866. The summed E-state index contributed by atoms with van der Waals surface area (Å²) in [4.78, 5) is 36.5. The molecule has 0 aromatic heterocycles. The van der Waals surface area contributed by atoms with E-state index in [1.807, 2.05) is 6.92 Å². The van der Waals surface area contributed by atoms with Crippen LogP contribution in [0.4, 0.5) is 4.79 Å². The zero-order chi connectivity index (χ0) is 17.2. The lowest BCUT2D eigenvalue weighted by molar-refractivity contribution is -0.137. The number of carboxylic acid groups (broad SMARTS) is 1. The van der Waals surface area contributed by atoms with Crippen molar-refractivity contribution in [2.24, 2.45) is 5.92 Å². The molecule has 1 fully saturated rings. The highest BCUT2D eigenvalue weighted by Gasteiger charge is 2.32. The molecular formula is C16H29N3O4. The average Bonchev–Trinajstić information content (AvgIpc) is 2.51. The number of carboxylic acids is 1. The molecule has 7 heteroatoms. The van der Waals surface area contributed by atoms with Crippen molar-refractivity contribution in [2.75, 3.05) is 19.6 Å². The molecule has 2 atom stereocenters. The van der Waals surface area contributed by atoms with Gasteiger partial charge in [0, 0.05) is 32.1 Å². The summed E-state index contributed by atoms with van der Waals surface area (Å²) in [6.07, 6.45) is 4.04. The van der Waals surface area contributed by atoms with Gasteiger partial charge in [-0.05, 0) is 32.6 Å². The number of nitrogens with zero attached hydrogens (tertiary/aromatic N) is 1. The van der Waals surface area contributed by atoms with Crippen LogP contribution < -0.4 is 10.6 Å². The van der Waals surface area contributed by atoms with E-state index in [0.717, 1.165) is 25.7 Å². The van der Waals surface area contributed by atoms with E-state index in [-0.39, 0.29) is 30.3 Å². The predicted octanol–water partition coefficient (Wildman–Crippen LogP) is 1.58. The van der Waals surface area contributed by atoms with Crippen molar-refractivity contribution >= 4 is 17.9 Å². The first kappa shape index (κ1) is 19.3. The smallest absolute Gasteiger partial charge is 0.317 e. The summed E-state index contributed by atoms with van der Waals surface area (Å²) in [7, 11) is 0.